The predicted octanol–water partition coefficient (Wildman–Crippen LogP) is 0.846. The van der Waals surface area contributed by atoms with Gasteiger partial charge in [0.1, 0.15) is 0 Å². The lowest BCUT2D eigenvalue weighted by Crippen LogP contribution is -2.41. The second kappa shape index (κ2) is 5.95. The highest BCUT2D eigenvalue weighted by molar-refractivity contribution is 6.19. The molecule has 0 atom stereocenters. The average molecular weight is 235 g/mol. The fourth-order valence-electron chi connectivity index (χ4n) is 1.07. The Labute approximate surface area is 96.0 Å². The molecule has 0 aliphatic rings. The van der Waals surface area contributed by atoms with Crippen molar-refractivity contribution >= 4 is 23.4 Å². The predicted molar refractivity (Wildman–Crippen MR) is 60.8 cm³/mol. The molecule has 0 rings (SSSR count). The molecule has 0 saturated heterocycles. The average Bonchev–Trinajstić information content (AvgIpc) is 2.23. The van der Waals surface area contributed by atoms with Crippen molar-refractivity contribution < 1.29 is 9.59 Å². The number of hydrogen-bond donors (Lipinski definition) is 1. The summed E-state index contributed by atoms with van der Waals surface area (Å²) in [6, 6.07) is 0. The second-order valence-corrected chi connectivity index (χ2v) is 4.43. The van der Waals surface area contributed by atoms with E-state index in [0.29, 0.717) is 13.0 Å². The number of nitrogens with zero attached hydrogens (tertiary/aromatic N) is 1. The first-order chi connectivity index (χ1) is 6.85. The molecule has 0 aliphatic carbocycles. The number of rotatable bonds is 5. The Bertz CT molecular complexity index is 242. The van der Waals surface area contributed by atoms with Crippen LogP contribution in [-0.4, -0.2) is 43.2 Å². The molecule has 2 amide bonds. The van der Waals surface area contributed by atoms with Crippen LogP contribution >= 0.6 is 11.6 Å². The van der Waals surface area contributed by atoms with Gasteiger partial charge in [0, 0.05) is 32.9 Å². The Hall–Kier alpha value is -0.770. The molecule has 88 valence electrons. The van der Waals surface area contributed by atoms with E-state index in [9.17, 15) is 9.59 Å². The van der Waals surface area contributed by atoms with Gasteiger partial charge >= 0.3 is 0 Å². The summed E-state index contributed by atoms with van der Waals surface area (Å²) in [7, 11) is 3.26. The molecule has 0 heterocycles. The van der Waals surface area contributed by atoms with Crippen molar-refractivity contribution in [1.82, 2.24) is 10.2 Å². The van der Waals surface area contributed by atoms with Gasteiger partial charge in [0.25, 0.3) is 0 Å². The SMILES string of the molecule is CNC(=O)CCN(C)C(=O)C(C)(C)CCl. The smallest absolute Gasteiger partial charge is 0.229 e. The van der Waals surface area contributed by atoms with Crippen molar-refractivity contribution in [3.8, 4) is 0 Å². The van der Waals surface area contributed by atoms with Gasteiger partial charge in [0.2, 0.25) is 11.8 Å². The van der Waals surface area contributed by atoms with Crippen LogP contribution in [0.5, 0.6) is 0 Å². The molecule has 1 N–H and O–H groups in total. The van der Waals surface area contributed by atoms with Crippen LogP contribution in [-0.2, 0) is 9.59 Å². The van der Waals surface area contributed by atoms with E-state index in [1.807, 2.05) is 0 Å². The number of carbonyl (C=O) groups excluding carboxylic acids is 2. The van der Waals surface area contributed by atoms with E-state index < -0.39 is 5.41 Å². The zero-order valence-electron chi connectivity index (χ0n) is 9.76. The molecule has 0 spiro atoms. The normalized spacial score (nSPS) is 11.0. The van der Waals surface area contributed by atoms with Crippen LogP contribution in [0.15, 0.2) is 0 Å². The van der Waals surface area contributed by atoms with Crippen molar-refractivity contribution in [2.24, 2.45) is 5.41 Å². The summed E-state index contributed by atoms with van der Waals surface area (Å²) >= 11 is 5.70. The molecule has 0 radical (unpaired) electrons. The Morgan fingerprint density at radius 2 is 1.93 bits per heavy atom. The highest BCUT2D eigenvalue weighted by atomic mass is 35.5. The van der Waals surface area contributed by atoms with Gasteiger partial charge in [-0.25, -0.2) is 0 Å². The number of alkyl halides is 1. The zero-order valence-corrected chi connectivity index (χ0v) is 10.5. The molecule has 0 aromatic rings. The highest BCUT2D eigenvalue weighted by Crippen LogP contribution is 2.19. The monoisotopic (exact) mass is 234 g/mol. The Kier molecular flexibility index (Phi) is 5.65. The van der Waals surface area contributed by atoms with Crippen LogP contribution in [0.25, 0.3) is 0 Å². The third-order valence-electron chi connectivity index (χ3n) is 2.21. The van der Waals surface area contributed by atoms with Gasteiger partial charge in [-0.3, -0.25) is 9.59 Å². The van der Waals surface area contributed by atoms with Crippen molar-refractivity contribution in [2.75, 3.05) is 26.5 Å². The minimum atomic E-state index is -0.570. The van der Waals surface area contributed by atoms with Gasteiger partial charge in [-0.2, -0.15) is 0 Å². The van der Waals surface area contributed by atoms with Gasteiger partial charge in [-0.05, 0) is 13.8 Å². The molecule has 4 nitrogen and oxygen atoms in total. The number of halogens is 1. The van der Waals surface area contributed by atoms with Gasteiger partial charge in [-0.15, -0.1) is 11.6 Å². The number of carbonyl (C=O) groups is 2. The maximum Gasteiger partial charge on any atom is 0.229 e. The lowest BCUT2D eigenvalue weighted by molar-refractivity contribution is -0.138. The Morgan fingerprint density at radius 1 is 1.40 bits per heavy atom. The summed E-state index contributed by atoms with van der Waals surface area (Å²) in [6.07, 6.45) is 0.317. The molecular weight excluding hydrogens is 216 g/mol. The number of hydrogen-bond acceptors (Lipinski definition) is 2. The van der Waals surface area contributed by atoms with Crippen LogP contribution in [0.1, 0.15) is 20.3 Å². The summed E-state index contributed by atoms with van der Waals surface area (Å²) in [5.41, 5.74) is -0.570. The minimum Gasteiger partial charge on any atom is -0.359 e. The van der Waals surface area contributed by atoms with E-state index in [2.05, 4.69) is 5.32 Å². The van der Waals surface area contributed by atoms with Gasteiger partial charge in [0.05, 0.1) is 5.41 Å². The molecule has 0 aromatic heterocycles. The second-order valence-electron chi connectivity index (χ2n) is 4.17. The number of nitrogens with one attached hydrogen (secondary N) is 1. The molecule has 15 heavy (non-hydrogen) atoms. The molecule has 0 fully saturated rings. The standard InChI is InChI=1S/C10H19ClN2O2/c1-10(2,7-11)9(15)13(4)6-5-8(14)12-3/h5-7H2,1-4H3,(H,12,14). The fourth-order valence-corrected chi connectivity index (χ4v) is 1.18. The van der Waals surface area contributed by atoms with Gasteiger partial charge in [0.15, 0.2) is 0 Å². The Balaban J connectivity index is 4.16. The van der Waals surface area contributed by atoms with Crippen molar-refractivity contribution in [3.63, 3.8) is 0 Å². The van der Waals surface area contributed by atoms with Crippen molar-refractivity contribution in [1.29, 1.82) is 0 Å². The van der Waals surface area contributed by atoms with Crippen LogP contribution in [0.2, 0.25) is 0 Å². The lowest BCUT2D eigenvalue weighted by Gasteiger charge is -2.27. The molecule has 0 aliphatic heterocycles. The van der Waals surface area contributed by atoms with Crippen LogP contribution < -0.4 is 5.32 Å². The molecule has 5 heteroatoms. The maximum absolute atomic E-state index is 11.8. The van der Waals surface area contributed by atoms with Gasteiger partial charge in [-0.1, -0.05) is 0 Å². The molecule has 0 saturated carbocycles. The lowest BCUT2D eigenvalue weighted by atomic mass is 9.94. The maximum atomic E-state index is 11.8. The first-order valence-corrected chi connectivity index (χ1v) is 5.40. The fraction of sp³-hybridized carbons (Fsp3) is 0.800. The van der Waals surface area contributed by atoms with Crippen LogP contribution in [0.4, 0.5) is 0 Å². The van der Waals surface area contributed by atoms with Gasteiger partial charge < -0.3 is 10.2 Å². The largest absolute Gasteiger partial charge is 0.359 e. The van der Waals surface area contributed by atoms with E-state index >= 15 is 0 Å². The minimum absolute atomic E-state index is 0.0404. The van der Waals surface area contributed by atoms with E-state index in [1.54, 1.807) is 27.9 Å². The first kappa shape index (κ1) is 14.2. The molecular formula is C10H19ClN2O2. The first-order valence-electron chi connectivity index (χ1n) is 4.87. The summed E-state index contributed by atoms with van der Waals surface area (Å²) in [5, 5.41) is 2.51. The summed E-state index contributed by atoms with van der Waals surface area (Å²) in [5.74, 6) is 0.163. The highest BCUT2D eigenvalue weighted by Gasteiger charge is 2.29. The summed E-state index contributed by atoms with van der Waals surface area (Å²) in [4.78, 5) is 24.3. The van der Waals surface area contributed by atoms with Crippen LogP contribution in [0, 0.1) is 5.41 Å². The number of amides is 2. The molecule has 0 aromatic carbocycles. The third kappa shape index (κ3) is 4.51. The van der Waals surface area contributed by atoms with E-state index in [1.165, 1.54) is 4.90 Å². The third-order valence-corrected chi connectivity index (χ3v) is 2.88. The van der Waals surface area contributed by atoms with E-state index in [0.717, 1.165) is 0 Å². The quantitative estimate of drug-likeness (QED) is 0.717. The zero-order chi connectivity index (χ0) is 12.1. The molecule has 0 bridgehead atoms. The summed E-state index contributed by atoms with van der Waals surface area (Å²) < 4.78 is 0. The van der Waals surface area contributed by atoms with E-state index in [4.69, 9.17) is 11.6 Å². The van der Waals surface area contributed by atoms with Crippen molar-refractivity contribution in [2.45, 2.75) is 20.3 Å². The van der Waals surface area contributed by atoms with E-state index in [-0.39, 0.29) is 17.7 Å². The Morgan fingerprint density at radius 3 is 2.33 bits per heavy atom. The topological polar surface area (TPSA) is 49.4 Å². The molecule has 0 unspecified atom stereocenters. The summed E-state index contributed by atoms with van der Waals surface area (Å²) in [6.45, 7) is 4.00. The van der Waals surface area contributed by atoms with Crippen molar-refractivity contribution in [3.05, 3.63) is 0 Å². The van der Waals surface area contributed by atoms with Crippen LogP contribution in [0.3, 0.4) is 0 Å².